The third kappa shape index (κ3) is 6.60. The second kappa shape index (κ2) is 9.93. The van der Waals surface area contributed by atoms with E-state index in [1.165, 1.54) is 49.7 Å². The molecule has 0 atom stereocenters. The first kappa shape index (κ1) is 16.5. The van der Waals surface area contributed by atoms with E-state index in [4.69, 9.17) is 5.73 Å². The van der Waals surface area contributed by atoms with Crippen molar-refractivity contribution in [1.82, 2.24) is 10.6 Å². The second-order valence-electron chi connectivity index (χ2n) is 6.20. The SMILES string of the molecule is NCC1=CC=C(CNCCCNC2CCCCC2)CC=C1. The van der Waals surface area contributed by atoms with Crippen LogP contribution in [0.15, 0.2) is 35.5 Å². The Hall–Kier alpha value is -0.900. The lowest BCUT2D eigenvalue weighted by molar-refractivity contribution is 0.371. The van der Waals surface area contributed by atoms with E-state index in [2.05, 4.69) is 34.9 Å². The quantitative estimate of drug-likeness (QED) is 0.602. The molecule has 0 aromatic carbocycles. The average Bonchev–Trinajstić information content (AvgIpc) is 2.77. The maximum Gasteiger partial charge on any atom is 0.0177 e. The van der Waals surface area contributed by atoms with E-state index in [0.29, 0.717) is 6.54 Å². The van der Waals surface area contributed by atoms with Crippen LogP contribution < -0.4 is 16.4 Å². The van der Waals surface area contributed by atoms with Crippen LogP contribution in [0.1, 0.15) is 44.9 Å². The summed E-state index contributed by atoms with van der Waals surface area (Å²) >= 11 is 0. The van der Waals surface area contributed by atoms with Crippen molar-refractivity contribution in [1.29, 1.82) is 0 Å². The number of hydrogen-bond donors (Lipinski definition) is 3. The Labute approximate surface area is 129 Å². The van der Waals surface area contributed by atoms with Crippen LogP contribution in [0.3, 0.4) is 0 Å². The Morgan fingerprint density at radius 3 is 2.76 bits per heavy atom. The molecule has 0 spiro atoms. The monoisotopic (exact) mass is 289 g/mol. The van der Waals surface area contributed by atoms with E-state index in [-0.39, 0.29) is 0 Å². The Morgan fingerprint density at radius 2 is 1.95 bits per heavy atom. The van der Waals surface area contributed by atoms with Crippen LogP contribution in [0, 0.1) is 0 Å². The van der Waals surface area contributed by atoms with Crippen molar-refractivity contribution in [3.05, 3.63) is 35.5 Å². The fourth-order valence-corrected chi connectivity index (χ4v) is 3.05. The first-order valence-corrected chi connectivity index (χ1v) is 8.58. The Morgan fingerprint density at radius 1 is 1.10 bits per heavy atom. The van der Waals surface area contributed by atoms with Gasteiger partial charge in [-0.3, -0.25) is 0 Å². The highest BCUT2D eigenvalue weighted by Crippen LogP contribution is 2.17. The molecule has 2 aliphatic carbocycles. The van der Waals surface area contributed by atoms with Crippen molar-refractivity contribution in [2.75, 3.05) is 26.2 Å². The number of nitrogens with one attached hydrogen (secondary N) is 2. The van der Waals surface area contributed by atoms with Gasteiger partial charge in [0.15, 0.2) is 0 Å². The highest BCUT2D eigenvalue weighted by molar-refractivity contribution is 5.32. The van der Waals surface area contributed by atoms with Gasteiger partial charge in [-0.1, -0.05) is 49.1 Å². The lowest BCUT2D eigenvalue weighted by Gasteiger charge is -2.22. The molecule has 3 heteroatoms. The predicted molar refractivity (Wildman–Crippen MR) is 91.3 cm³/mol. The van der Waals surface area contributed by atoms with E-state index in [1.807, 2.05) is 0 Å². The zero-order chi connectivity index (χ0) is 14.8. The standard InChI is InChI=1S/C18H31N3/c19-14-16-6-4-7-17(11-10-16)15-20-12-5-13-21-18-8-2-1-3-9-18/h4,6,10-11,18,20-21H,1-3,5,7-9,12-15,19H2. The van der Waals surface area contributed by atoms with Crippen LogP contribution in [-0.4, -0.2) is 32.2 Å². The highest BCUT2D eigenvalue weighted by atomic mass is 14.9. The van der Waals surface area contributed by atoms with Gasteiger partial charge in [0.1, 0.15) is 0 Å². The zero-order valence-corrected chi connectivity index (χ0v) is 13.2. The van der Waals surface area contributed by atoms with Crippen molar-refractivity contribution < 1.29 is 0 Å². The molecule has 2 aliphatic rings. The average molecular weight is 289 g/mol. The minimum absolute atomic E-state index is 0.626. The lowest BCUT2D eigenvalue weighted by atomic mass is 9.95. The number of nitrogens with two attached hydrogens (primary N) is 1. The molecule has 21 heavy (non-hydrogen) atoms. The molecule has 118 valence electrons. The summed E-state index contributed by atoms with van der Waals surface area (Å²) in [5.74, 6) is 0. The first-order chi connectivity index (χ1) is 10.4. The second-order valence-corrected chi connectivity index (χ2v) is 6.20. The molecule has 0 bridgehead atoms. The molecular weight excluding hydrogens is 258 g/mol. The first-order valence-electron chi connectivity index (χ1n) is 8.58. The van der Waals surface area contributed by atoms with Crippen LogP contribution in [0.5, 0.6) is 0 Å². The number of hydrogen-bond acceptors (Lipinski definition) is 3. The van der Waals surface area contributed by atoms with Gasteiger partial charge in [0.25, 0.3) is 0 Å². The van der Waals surface area contributed by atoms with Gasteiger partial charge in [-0.15, -0.1) is 0 Å². The molecule has 0 saturated heterocycles. The van der Waals surface area contributed by atoms with Crippen molar-refractivity contribution in [3.63, 3.8) is 0 Å². The summed E-state index contributed by atoms with van der Waals surface area (Å²) < 4.78 is 0. The van der Waals surface area contributed by atoms with Gasteiger partial charge >= 0.3 is 0 Å². The van der Waals surface area contributed by atoms with Gasteiger partial charge in [-0.25, -0.2) is 0 Å². The van der Waals surface area contributed by atoms with Crippen LogP contribution in [0.2, 0.25) is 0 Å². The fraction of sp³-hybridized carbons (Fsp3) is 0.667. The highest BCUT2D eigenvalue weighted by Gasteiger charge is 2.11. The molecule has 1 saturated carbocycles. The van der Waals surface area contributed by atoms with E-state index in [1.54, 1.807) is 0 Å². The molecule has 0 heterocycles. The van der Waals surface area contributed by atoms with E-state index in [0.717, 1.165) is 32.1 Å². The van der Waals surface area contributed by atoms with Crippen molar-refractivity contribution in [2.24, 2.45) is 5.73 Å². The number of rotatable bonds is 8. The van der Waals surface area contributed by atoms with Gasteiger partial charge in [-0.2, -0.15) is 0 Å². The number of allylic oxidation sites excluding steroid dienone is 3. The van der Waals surface area contributed by atoms with Crippen LogP contribution >= 0.6 is 0 Å². The summed E-state index contributed by atoms with van der Waals surface area (Å²) in [6.07, 6.45) is 18.0. The molecule has 0 aliphatic heterocycles. The third-order valence-corrected chi connectivity index (χ3v) is 4.40. The molecule has 1 fully saturated rings. The Kier molecular flexibility index (Phi) is 7.79. The molecule has 0 aromatic rings. The van der Waals surface area contributed by atoms with Gasteiger partial charge in [0.2, 0.25) is 0 Å². The largest absolute Gasteiger partial charge is 0.326 e. The summed E-state index contributed by atoms with van der Waals surface area (Å²) in [6.45, 7) is 3.85. The molecule has 4 N–H and O–H groups in total. The van der Waals surface area contributed by atoms with E-state index >= 15 is 0 Å². The van der Waals surface area contributed by atoms with E-state index in [9.17, 15) is 0 Å². The lowest BCUT2D eigenvalue weighted by Crippen LogP contribution is -2.33. The van der Waals surface area contributed by atoms with E-state index < -0.39 is 0 Å². The van der Waals surface area contributed by atoms with Gasteiger partial charge < -0.3 is 16.4 Å². The molecule has 3 nitrogen and oxygen atoms in total. The smallest absolute Gasteiger partial charge is 0.0177 e. The summed E-state index contributed by atoms with van der Waals surface area (Å²) in [7, 11) is 0. The maximum atomic E-state index is 5.66. The van der Waals surface area contributed by atoms with Gasteiger partial charge in [0, 0.05) is 19.1 Å². The van der Waals surface area contributed by atoms with Gasteiger partial charge in [0.05, 0.1) is 0 Å². The Bertz CT molecular complexity index is 376. The summed E-state index contributed by atoms with van der Waals surface area (Å²) in [5.41, 5.74) is 8.31. The third-order valence-electron chi connectivity index (χ3n) is 4.40. The molecule has 0 amide bonds. The van der Waals surface area contributed by atoms with Gasteiger partial charge in [-0.05, 0) is 44.3 Å². The molecule has 0 unspecified atom stereocenters. The predicted octanol–water partition coefficient (Wildman–Crippen LogP) is 2.66. The summed E-state index contributed by atoms with van der Waals surface area (Å²) in [4.78, 5) is 0. The summed E-state index contributed by atoms with van der Waals surface area (Å²) in [6, 6.07) is 0.785. The molecule has 0 radical (unpaired) electrons. The minimum atomic E-state index is 0.626. The van der Waals surface area contributed by atoms with Crippen molar-refractivity contribution in [3.8, 4) is 0 Å². The Balaban J connectivity index is 1.52. The molecule has 2 rings (SSSR count). The van der Waals surface area contributed by atoms with Crippen molar-refractivity contribution in [2.45, 2.75) is 51.0 Å². The molecular formula is C18H31N3. The fourth-order valence-electron chi connectivity index (χ4n) is 3.05. The molecule has 0 aromatic heterocycles. The topological polar surface area (TPSA) is 50.1 Å². The van der Waals surface area contributed by atoms with Crippen LogP contribution in [-0.2, 0) is 0 Å². The maximum absolute atomic E-state index is 5.66. The minimum Gasteiger partial charge on any atom is -0.326 e. The normalized spacial score (nSPS) is 20.0. The summed E-state index contributed by atoms with van der Waals surface area (Å²) in [5, 5.41) is 7.25. The van der Waals surface area contributed by atoms with Crippen molar-refractivity contribution >= 4 is 0 Å². The zero-order valence-electron chi connectivity index (χ0n) is 13.2. The van der Waals surface area contributed by atoms with Crippen LogP contribution in [0.4, 0.5) is 0 Å². The van der Waals surface area contributed by atoms with Crippen LogP contribution in [0.25, 0.3) is 0 Å².